The van der Waals surface area contributed by atoms with Crippen LogP contribution in [-0.4, -0.2) is 56.3 Å². The van der Waals surface area contributed by atoms with Gasteiger partial charge in [-0.1, -0.05) is 12.1 Å². The zero-order chi connectivity index (χ0) is 27.4. The van der Waals surface area contributed by atoms with Gasteiger partial charge in [0.15, 0.2) is 11.5 Å². The van der Waals surface area contributed by atoms with E-state index in [-0.39, 0.29) is 44.5 Å². The molecular formula is C26H34FN3O6S. The van der Waals surface area contributed by atoms with Crippen LogP contribution in [-0.2, 0) is 26.2 Å². The number of amides is 2. The summed E-state index contributed by atoms with van der Waals surface area (Å²) < 4.78 is 50.3. The van der Waals surface area contributed by atoms with Crippen molar-refractivity contribution in [1.29, 1.82) is 0 Å². The Balaban J connectivity index is 1.74. The van der Waals surface area contributed by atoms with Crippen molar-refractivity contribution >= 4 is 27.5 Å². The second-order valence-corrected chi connectivity index (χ2v) is 11.9. The highest BCUT2D eigenvalue weighted by Gasteiger charge is 2.29. The molecule has 0 spiro atoms. The molecule has 2 aromatic rings. The van der Waals surface area contributed by atoms with Crippen molar-refractivity contribution in [3.8, 4) is 11.5 Å². The van der Waals surface area contributed by atoms with Crippen LogP contribution in [0.5, 0.6) is 11.5 Å². The number of rotatable bonds is 10. The van der Waals surface area contributed by atoms with E-state index >= 15 is 0 Å². The van der Waals surface area contributed by atoms with Gasteiger partial charge >= 0.3 is 0 Å². The maximum Gasteiger partial charge on any atom is 0.242 e. The maximum atomic E-state index is 13.4. The third-order valence-electron chi connectivity index (χ3n) is 5.73. The zero-order valence-electron chi connectivity index (χ0n) is 21.8. The first-order chi connectivity index (χ1) is 17.2. The molecule has 2 aromatic carbocycles. The van der Waals surface area contributed by atoms with Gasteiger partial charge in [-0.15, -0.1) is 0 Å². The molecule has 0 saturated carbocycles. The van der Waals surface area contributed by atoms with Crippen molar-refractivity contribution in [3.63, 3.8) is 0 Å². The van der Waals surface area contributed by atoms with Gasteiger partial charge < -0.3 is 19.7 Å². The number of anilines is 1. The molecule has 0 saturated heterocycles. The minimum Gasteiger partial charge on any atom is -0.454 e. The fraction of sp³-hybridized carbons (Fsp3) is 0.462. The maximum absolute atomic E-state index is 13.4. The number of fused-ring (bicyclic) bond motifs is 1. The zero-order valence-corrected chi connectivity index (χ0v) is 22.6. The van der Waals surface area contributed by atoms with Crippen LogP contribution in [0.25, 0.3) is 0 Å². The fourth-order valence-electron chi connectivity index (χ4n) is 3.89. The second kappa shape index (κ2) is 11.4. The Labute approximate surface area is 217 Å². The lowest BCUT2D eigenvalue weighted by Crippen LogP contribution is -2.52. The highest BCUT2D eigenvalue weighted by molar-refractivity contribution is 7.92. The summed E-state index contributed by atoms with van der Waals surface area (Å²) in [5, 5.41) is 2.88. The van der Waals surface area contributed by atoms with Gasteiger partial charge in [-0.2, -0.15) is 0 Å². The molecule has 2 amide bonds. The highest BCUT2D eigenvalue weighted by atomic mass is 32.2. The van der Waals surface area contributed by atoms with E-state index in [4.69, 9.17) is 9.47 Å². The van der Waals surface area contributed by atoms with Crippen LogP contribution in [0.4, 0.5) is 10.1 Å². The van der Waals surface area contributed by atoms with E-state index in [1.807, 2.05) is 20.8 Å². The largest absolute Gasteiger partial charge is 0.454 e. The van der Waals surface area contributed by atoms with Gasteiger partial charge in [0.1, 0.15) is 11.9 Å². The van der Waals surface area contributed by atoms with Crippen molar-refractivity contribution in [1.82, 2.24) is 10.2 Å². The number of carbonyl (C=O) groups excluding carboxylic acids is 2. The van der Waals surface area contributed by atoms with E-state index in [0.717, 1.165) is 6.26 Å². The number of ether oxygens (including phenoxy) is 2. The van der Waals surface area contributed by atoms with Crippen LogP contribution >= 0.6 is 0 Å². The molecule has 0 radical (unpaired) electrons. The van der Waals surface area contributed by atoms with E-state index in [9.17, 15) is 22.4 Å². The van der Waals surface area contributed by atoms with Gasteiger partial charge in [-0.05, 0) is 63.9 Å². The first-order valence-corrected chi connectivity index (χ1v) is 13.8. The third kappa shape index (κ3) is 7.82. The Bertz CT molecular complexity index is 1230. The Morgan fingerprint density at radius 2 is 1.73 bits per heavy atom. The number of sulfonamides is 1. The molecule has 0 bridgehead atoms. The summed E-state index contributed by atoms with van der Waals surface area (Å²) in [6.45, 7) is 7.40. The molecule has 37 heavy (non-hydrogen) atoms. The van der Waals surface area contributed by atoms with Crippen LogP contribution in [0.1, 0.15) is 46.1 Å². The number of benzene rings is 2. The van der Waals surface area contributed by atoms with E-state index in [2.05, 4.69) is 5.32 Å². The minimum absolute atomic E-state index is 0.00487. The molecular weight excluding hydrogens is 501 g/mol. The van der Waals surface area contributed by atoms with Crippen molar-refractivity contribution in [2.75, 3.05) is 23.9 Å². The topological polar surface area (TPSA) is 105 Å². The van der Waals surface area contributed by atoms with Crippen molar-refractivity contribution in [3.05, 3.63) is 53.8 Å². The van der Waals surface area contributed by atoms with Gasteiger partial charge in [-0.3, -0.25) is 13.9 Å². The molecule has 0 fully saturated rings. The summed E-state index contributed by atoms with van der Waals surface area (Å²) >= 11 is 0. The molecule has 9 nitrogen and oxygen atoms in total. The smallest absolute Gasteiger partial charge is 0.242 e. The summed E-state index contributed by atoms with van der Waals surface area (Å²) in [5.41, 5.74) is 0.583. The third-order valence-corrected chi connectivity index (χ3v) is 6.92. The first kappa shape index (κ1) is 28.2. The standard InChI is InChI=1S/C26H34FN3O6S/c1-18(25(32)28-26(2,3)4)29(16-19-8-10-20(27)11-9-19)24(31)7-6-14-30(37(5,33)34)21-12-13-22-23(15-21)36-17-35-22/h8-13,15,18H,6-7,14,16-17H2,1-5H3,(H,28,32). The predicted molar refractivity (Wildman–Crippen MR) is 138 cm³/mol. The molecule has 1 heterocycles. The molecule has 1 N–H and O–H groups in total. The first-order valence-electron chi connectivity index (χ1n) is 12.0. The van der Waals surface area contributed by atoms with Crippen molar-refractivity contribution < 1.29 is 31.9 Å². The average molecular weight is 536 g/mol. The van der Waals surface area contributed by atoms with Crippen LogP contribution in [0.2, 0.25) is 0 Å². The number of carbonyl (C=O) groups is 2. The van der Waals surface area contributed by atoms with Gasteiger partial charge in [0.2, 0.25) is 28.6 Å². The number of hydrogen-bond acceptors (Lipinski definition) is 6. The van der Waals surface area contributed by atoms with Crippen LogP contribution in [0, 0.1) is 5.82 Å². The van der Waals surface area contributed by atoms with Gasteiger partial charge in [-0.25, -0.2) is 12.8 Å². The molecule has 1 aliphatic heterocycles. The van der Waals surface area contributed by atoms with E-state index in [0.29, 0.717) is 22.7 Å². The van der Waals surface area contributed by atoms with Crippen LogP contribution in [0.15, 0.2) is 42.5 Å². The lowest BCUT2D eigenvalue weighted by molar-refractivity contribution is -0.141. The van der Waals surface area contributed by atoms with Gasteiger partial charge in [0.25, 0.3) is 0 Å². The Kier molecular flexibility index (Phi) is 8.68. The molecule has 202 valence electrons. The van der Waals surface area contributed by atoms with E-state index < -0.39 is 27.4 Å². The monoisotopic (exact) mass is 535 g/mol. The number of nitrogens with zero attached hydrogens (tertiary/aromatic N) is 2. The van der Waals surface area contributed by atoms with Crippen molar-refractivity contribution in [2.45, 2.75) is 58.7 Å². The SMILES string of the molecule is CC(C(=O)NC(C)(C)C)N(Cc1ccc(F)cc1)C(=O)CCCN(c1ccc2c(c1)OCO2)S(C)(=O)=O. The molecule has 3 rings (SSSR count). The lowest BCUT2D eigenvalue weighted by Gasteiger charge is -2.32. The Morgan fingerprint density at radius 1 is 1.08 bits per heavy atom. The van der Waals surface area contributed by atoms with Crippen LogP contribution < -0.4 is 19.1 Å². The molecule has 1 unspecified atom stereocenters. The Morgan fingerprint density at radius 3 is 2.35 bits per heavy atom. The van der Waals surface area contributed by atoms with E-state index in [1.54, 1.807) is 37.3 Å². The lowest BCUT2D eigenvalue weighted by atomic mass is 10.1. The van der Waals surface area contributed by atoms with Gasteiger partial charge in [0, 0.05) is 31.1 Å². The molecule has 0 aliphatic carbocycles. The highest BCUT2D eigenvalue weighted by Crippen LogP contribution is 2.36. The molecule has 11 heteroatoms. The minimum atomic E-state index is -3.64. The van der Waals surface area contributed by atoms with Crippen molar-refractivity contribution in [2.24, 2.45) is 0 Å². The number of hydrogen-bond donors (Lipinski definition) is 1. The average Bonchev–Trinajstić information content (AvgIpc) is 3.27. The van der Waals surface area contributed by atoms with E-state index in [1.165, 1.54) is 21.3 Å². The number of halogens is 1. The molecule has 1 aliphatic rings. The number of nitrogens with one attached hydrogen (secondary N) is 1. The molecule has 0 aromatic heterocycles. The normalized spacial score (nSPS) is 13.7. The summed E-state index contributed by atoms with van der Waals surface area (Å²) in [6.07, 6.45) is 1.32. The van der Waals surface area contributed by atoms with Crippen LogP contribution in [0.3, 0.4) is 0 Å². The summed E-state index contributed by atoms with van der Waals surface area (Å²) in [7, 11) is -3.64. The summed E-state index contributed by atoms with van der Waals surface area (Å²) in [4.78, 5) is 27.6. The summed E-state index contributed by atoms with van der Waals surface area (Å²) in [6, 6.07) is 9.78. The second-order valence-electron chi connectivity index (χ2n) is 10.0. The van der Waals surface area contributed by atoms with Gasteiger partial charge in [0.05, 0.1) is 11.9 Å². The quantitative estimate of drug-likeness (QED) is 0.500. The fourth-order valence-corrected chi connectivity index (χ4v) is 4.84. The molecule has 1 atom stereocenters. The Hall–Kier alpha value is -3.34. The predicted octanol–water partition coefficient (Wildman–Crippen LogP) is 3.43. The summed E-state index contributed by atoms with van der Waals surface area (Å²) in [5.74, 6) is -0.0524.